The fraction of sp³-hybridized carbons (Fsp3) is 0.545. The van der Waals surface area contributed by atoms with Gasteiger partial charge in [-0.2, -0.15) is 0 Å². The van der Waals surface area contributed by atoms with Gasteiger partial charge in [0.05, 0.1) is 45.0 Å². The average Bonchev–Trinajstić information content (AvgIpc) is 3.08. The Hall–Kier alpha value is -2.78. The van der Waals surface area contributed by atoms with Gasteiger partial charge in [-0.1, -0.05) is 0 Å². The fourth-order valence-corrected chi connectivity index (χ4v) is 4.09. The maximum Gasteiger partial charge on any atom is 0.356 e. The van der Waals surface area contributed by atoms with Gasteiger partial charge in [0.15, 0.2) is 11.5 Å². The number of aromatic nitrogens is 1. The van der Waals surface area contributed by atoms with Gasteiger partial charge in [-0.05, 0) is 26.8 Å². The summed E-state index contributed by atoms with van der Waals surface area (Å²) >= 11 is 0. The highest BCUT2D eigenvalue weighted by Crippen LogP contribution is 2.37. The third kappa shape index (κ3) is 5.29. The molecule has 9 heteroatoms. The summed E-state index contributed by atoms with van der Waals surface area (Å²) in [5, 5.41) is 3.56. The van der Waals surface area contributed by atoms with Gasteiger partial charge in [-0.25, -0.2) is 4.79 Å². The lowest BCUT2D eigenvalue weighted by atomic mass is 10.2. The number of carbonyl (C=O) groups is 2. The van der Waals surface area contributed by atoms with Crippen LogP contribution in [-0.2, 0) is 14.3 Å². The molecule has 9 nitrogen and oxygen atoms in total. The molecule has 1 aliphatic rings. The van der Waals surface area contributed by atoms with Crippen molar-refractivity contribution in [2.45, 2.75) is 39.4 Å². The standard InChI is InChI=1S/C22H31N3O6/c1-6-30-22(27)21-20(15-9-17(28-4)18(29-5)10-16(15)23-21)24-19(26)7-8-25-11-13(2)31-14(3)12-25/h9-10,13-14,23H,6-8,11-12H2,1-5H3,(H,24,26)/p+1/t13-,14+. The highest BCUT2D eigenvalue weighted by molar-refractivity contribution is 6.11. The van der Waals surface area contributed by atoms with Gasteiger partial charge in [0, 0.05) is 11.5 Å². The van der Waals surface area contributed by atoms with E-state index in [1.54, 1.807) is 19.1 Å². The van der Waals surface area contributed by atoms with Crippen LogP contribution in [0, 0.1) is 0 Å². The molecule has 1 unspecified atom stereocenters. The Kier molecular flexibility index (Phi) is 7.40. The maximum atomic E-state index is 12.8. The van der Waals surface area contributed by atoms with E-state index in [-0.39, 0.29) is 30.4 Å². The van der Waals surface area contributed by atoms with Crippen molar-refractivity contribution in [3.8, 4) is 11.5 Å². The number of rotatable bonds is 8. The van der Waals surface area contributed by atoms with Crippen LogP contribution >= 0.6 is 0 Å². The van der Waals surface area contributed by atoms with Gasteiger partial charge in [-0.3, -0.25) is 4.79 Å². The van der Waals surface area contributed by atoms with E-state index in [1.165, 1.54) is 19.1 Å². The number of quaternary nitrogens is 1. The number of ether oxygens (including phenoxy) is 4. The number of hydrogen-bond acceptors (Lipinski definition) is 6. The van der Waals surface area contributed by atoms with Gasteiger partial charge >= 0.3 is 5.97 Å². The highest BCUT2D eigenvalue weighted by Gasteiger charge is 2.27. The Bertz CT molecular complexity index is 931. The van der Waals surface area contributed by atoms with Gasteiger partial charge in [-0.15, -0.1) is 0 Å². The first kappa shape index (κ1) is 22.9. The molecule has 0 bridgehead atoms. The first-order valence-corrected chi connectivity index (χ1v) is 10.6. The summed E-state index contributed by atoms with van der Waals surface area (Å²) < 4.78 is 21.7. The molecule has 0 saturated carbocycles. The Balaban J connectivity index is 1.83. The first-order chi connectivity index (χ1) is 14.9. The topological polar surface area (TPSA) is 103 Å². The summed E-state index contributed by atoms with van der Waals surface area (Å²) in [6, 6.07) is 3.47. The largest absolute Gasteiger partial charge is 0.493 e. The number of amides is 1. The zero-order valence-corrected chi connectivity index (χ0v) is 18.8. The number of aromatic amines is 1. The summed E-state index contributed by atoms with van der Waals surface area (Å²) in [5.41, 5.74) is 1.22. The van der Waals surface area contributed by atoms with Crippen LogP contribution in [0.4, 0.5) is 5.69 Å². The molecule has 1 amide bonds. The molecular formula is C22H32N3O6+. The molecule has 1 aromatic heterocycles. The van der Waals surface area contributed by atoms with Crippen LogP contribution < -0.4 is 19.7 Å². The number of morpholine rings is 1. The van der Waals surface area contributed by atoms with Crippen molar-refractivity contribution in [3.63, 3.8) is 0 Å². The van der Waals surface area contributed by atoms with Crippen LogP contribution in [0.5, 0.6) is 11.5 Å². The van der Waals surface area contributed by atoms with E-state index in [4.69, 9.17) is 18.9 Å². The van der Waals surface area contributed by atoms with Gasteiger partial charge in [0.1, 0.15) is 31.0 Å². The lowest BCUT2D eigenvalue weighted by molar-refractivity contribution is -0.914. The van der Waals surface area contributed by atoms with E-state index in [9.17, 15) is 9.59 Å². The third-order valence-corrected chi connectivity index (χ3v) is 5.37. The monoisotopic (exact) mass is 434 g/mol. The molecule has 0 aliphatic carbocycles. The maximum absolute atomic E-state index is 12.8. The molecule has 0 radical (unpaired) electrons. The van der Waals surface area contributed by atoms with Crippen LogP contribution in [0.2, 0.25) is 0 Å². The number of methoxy groups -OCH3 is 2. The number of fused-ring (bicyclic) bond motifs is 1. The molecule has 1 aliphatic heterocycles. The van der Waals surface area contributed by atoms with Gasteiger partial charge < -0.3 is 34.1 Å². The van der Waals surface area contributed by atoms with Crippen molar-refractivity contribution in [2.24, 2.45) is 0 Å². The van der Waals surface area contributed by atoms with E-state index >= 15 is 0 Å². The predicted octanol–water partition coefficient (Wildman–Crippen LogP) is 1.38. The van der Waals surface area contributed by atoms with Crippen LogP contribution in [0.1, 0.15) is 37.7 Å². The number of hydrogen-bond donors (Lipinski definition) is 3. The van der Waals surface area contributed by atoms with E-state index in [0.717, 1.165) is 13.1 Å². The minimum absolute atomic E-state index is 0.166. The van der Waals surface area contributed by atoms with Crippen LogP contribution in [0.25, 0.3) is 10.9 Å². The summed E-state index contributed by atoms with van der Waals surface area (Å²) in [6.07, 6.45) is 0.679. The number of anilines is 1. The molecule has 170 valence electrons. The molecule has 31 heavy (non-hydrogen) atoms. The lowest BCUT2D eigenvalue weighted by Crippen LogP contribution is -3.15. The van der Waals surface area contributed by atoms with E-state index in [1.807, 2.05) is 0 Å². The molecule has 3 N–H and O–H groups in total. The van der Waals surface area contributed by atoms with Crippen molar-refractivity contribution in [2.75, 3.05) is 45.8 Å². The molecule has 1 saturated heterocycles. The normalized spacial score (nSPS) is 21.0. The van der Waals surface area contributed by atoms with Gasteiger partial charge in [0.2, 0.25) is 5.91 Å². The zero-order valence-electron chi connectivity index (χ0n) is 18.8. The second-order valence-corrected chi connectivity index (χ2v) is 7.81. The number of H-pyrrole nitrogens is 1. The van der Waals surface area contributed by atoms with Crippen molar-refractivity contribution in [1.82, 2.24) is 4.98 Å². The van der Waals surface area contributed by atoms with Crippen LogP contribution in [-0.4, -0.2) is 69.5 Å². The smallest absolute Gasteiger partial charge is 0.356 e. The molecule has 1 fully saturated rings. The van der Waals surface area contributed by atoms with Crippen LogP contribution in [0.3, 0.4) is 0 Å². The van der Waals surface area contributed by atoms with Crippen molar-refractivity contribution in [1.29, 1.82) is 0 Å². The van der Waals surface area contributed by atoms with Crippen LogP contribution in [0.15, 0.2) is 12.1 Å². The molecule has 2 aromatic rings. The van der Waals surface area contributed by atoms with E-state index in [2.05, 4.69) is 24.1 Å². The molecule has 0 spiro atoms. The summed E-state index contributed by atoms with van der Waals surface area (Å²) in [6.45, 7) is 8.50. The number of benzene rings is 1. The second-order valence-electron chi connectivity index (χ2n) is 7.81. The first-order valence-electron chi connectivity index (χ1n) is 10.6. The van der Waals surface area contributed by atoms with Crippen molar-refractivity contribution < 1.29 is 33.4 Å². The summed E-state index contributed by atoms with van der Waals surface area (Å²) in [7, 11) is 3.07. The Morgan fingerprint density at radius 1 is 1.16 bits per heavy atom. The molecular weight excluding hydrogens is 402 g/mol. The minimum Gasteiger partial charge on any atom is -0.493 e. The van der Waals surface area contributed by atoms with E-state index < -0.39 is 5.97 Å². The Morgan fingerprint density at radius 3 is 2.42 bits per heavy atom. The quantitative estimate of drug-likeness (QED) is 0.543. The highest BCUT2D eigenvalue weighted by atomic mass is 16.5. The molecule has 3 rings (SSSR count). The minimum atomic E-state index is -0.534. The Morgan fingerprint density at radius 2 is 1.81 bits per heavy atom. The van der Waals surface area contributed by atoms with Crippen molar-refractivity contribution in [3.05, 3.63) is 17.8 Å². The molecule has 1 aromatic carbocycles. The summed E-state index contributed by atoms with van der Waals surface area (Å²) in [5.74, 6) is 0.318. The summed E-state index contributed by atoms with van der Waals surface area (Å²) in [4.78, 5) is 29.7. The molecule has 3 atom stereocenters. The lowest BCUT2D eigenvalue weighted by Gasteiger charge is -2.32. The SMILES string of the molecule is CCOC(=O)c1[nH]c2cc(OC)c(OC)cc2c1NC(=O)CC[NH+]1C[C@@H](C)O[C@@H](C)C1. The number of esters is 1. The third-order valence-electron chi connectivity index (χ3n) is 5.37. The van der Waals surface area contributed by atoms with Crippen molar-refractivity contribution >= 4 is 28.5 Å². The zero-order chi connectivity index (χ0) is 22.5. The number of carbonyl (C=O) groups excluding carboxylic acids is 2. The number of nitrogens with one attached hydrogen (secondary N) is 3. The van der Waals surface area contributed by atoms with E-state index in [0.29, 0.717) is 41.1 Å². The van der Waals surface area contributed by atoms with Gasteiger partial charge in [0.25, 0.3) is 0 Å². The molecule has 2 heterocycles. The Labute approximate surface area is 182 Å². The fourth-order valence-electron chi connectivity index (χ4n) is 4.09. The predicted molar refractivity (Wildman–Crippen MR) is 116 cm³/mol. The average molecular weight is 435 g/mol. The second kappa shape index (κ2) is 10.0.